The Morgan fingerprint density at radius 2 is 1.59 bits per heavy atom. The van der Waals surface area contributed by atoms with Gasteiger partial charge in [-0.3, -0.25) is 9.59 Å². The Morgan fingerprint density at radius 3 is 2.26 bits per heavy atom. The summed E-state index contributed by atoms with van der Waals surface area (Å²) >= 11 is 0. The van der Waals surface area contributed by atoms with Gasteiger partial charge in [-0.1, -0.05) is 48.5 Å². The van der Waals surface area contributed by atoms with Crippen LogP contribution in [0.5, 0.6) is 0 Å². The minimum atomic E-state index is -0.367. The van der Waals surface area contributed by atoms with Crippen LogP contribution in [0.4, 0.5) is 0 Å². The summed E-state index contributed by atoms with van der Waals surface area (Å²) in [6, 6.07) is 22.9. The Labute approximate surface area is 196 Å². The molecule has 0 spiro atoms. The zero-order chi connectivity index (χ0) is 23.7. The maximum absolute atomic E-state index is 13.6. The number of hydrogen-bond acceptors (Lipinski definition) is 4. The Bertz CT molecular complexity index is 1500. The molecular formula is C26H24N6O2. The van der Waals surface area contributed by atoms with Crippen molar-refractivity contribution in [2.24, 2.45) is 0 Å². The second-order valence-corrected chi connectivity index (χ2v) is 8.13. The lowest BCUT2D eigenvalue weighted by Gasteiger charge is -2.15. The number of carbonyl (C=O) groups excluding carboxylic acids is 1. The van der Waals surface area contributed by atoms with Gasteiger partial charge in [0.15, 0.2) is 5.82 Å². The maximum atomic E-state index is 13.6. The highest BCUT2D eigenvalue weighted by Crippen LogP contribution is 2.24. The van der Waals surface area contributed by atoms with Crippen LogP contribution in [0.3, 0.4) is 0 Å². The number of amides is 1. The highest BCUT2D eigenvalue weighted by atomic mass is 16.2. The fourth-order valence-corrected chi connectivity index (χ4v) is 4.08. The van der Waals surface area contributed by atoms with E-state index in [4.69, 9.17) is 5.10 Å². The number of nitrogens with one attached hydrogen (secondary N) is 1. The van der Waals surface area contributed by atoms with E-state index in [-0.39, 0.29) is 24.1 Å². The number of hydrogen-bond donors (Lipinski definition) is 1. The molecule has 5 aromatic rings. The smallest absolute Gasteiger partial charge is 0.280 e. The van der Waals surface area contributed by atoms with Crippen molar-refractivity contribution in [2.75, 3.05) is 0 Å². The van der Waals surface area contributed by atoms with Crippen LogP contribution in [0.25, 0.3) is 22.4 Å². The number of para-hydroxylation sites is 1. The van der Waals surface area contributed by atoms with E-state index in [2.05, 4.69) is 10.4 Å². The lowest BCUT2D eigenvalue weighted by Crippen LogP contribution is -2.35. The van der Waals surface area contributed by atoms with Crippen molar-refractivity contribution in [2.45, 2.75) is 26.4 Å². The van der Waals surface area contributed by atoms with E-state index >= 15 is 0 Å². The predicted octanol–water partition coefficient (Wildman–Crippen LogP) is 3.56. The summed E-state index contributed by atoms with van der Waals surface area (Å²) in [5.41, 5.74) is 2.52. The fraction of sp³-hybridized carbons (Fsp3) is 0.154. The third-order valence-corrected chi connectivity index (χ3v) is 5.74. The zero-order valence-corrected chi connectivity index (χ0v) is 18.9. The summed E-state index contributed by atoms with van der Waals surface area (Å²) in [6.45, 7) is 3.52. The van der Waals surface area contributed by atoms with Gasteiger partial charge in [0.25, 0.3) is 5.56 Å². The number of fused-ring (bicyclic) bond motifs is 1. The molecule has 1 N–H and O–H groups in total. The molecule has 0 aliphatic rings. The van der Waals surface area contributed by atoms with E-state index in [9.17, 15) is 9.59 Å². The van der Waals surface area contributed by atoms with Gasteiger partial charge in [0.2, 0.25) is 5.91 Å². The summed E-state index contributed by atoms with van der Waals surface area (Å²) in [4.78, 5) is 26.4. The minimum Gasteiger partial charge on any atom is -0.348 e. The highest BCUT2D eigenvalue weighted by Gasteiger charge is 2.22. The fourth-order valence-electron chi connectivity index (χ4n) is 4.08. The Morgan fingerprint density at radius 1 is 0.941 bits per heavy atom. The molecule has 0 aliphatic heterocycles. The van der Waals surface area contributed by atoms with Crippen LogP contribution in [-0.4, -0.2) is 30.0 Å². The largest absolute Gasteiger partial charge is 0.348 e. The van der Waals surface area contributed by atoms with Gasteiger partial charge in [0.05, 0.1) is 17.4 Å². The zero-order valence-electron chi connectivity index (χ0n) is 18.9. The van der Waals surface area contributed by atoms with Gasteiger partial charge < -0.3 is 9.88 Å². The van der Waals surface area contributed by atoms with Crippen molar-refractivity contribution in [3.63, 3.8) is 0 Å². The summed E-state index contributed by atoms with van der Waals surface area (Å²) in [7, 11) is 0. The van der Waals surface area contributed by atoms with Gasteiger partial charge in [-0.25, -0.2) is 9.36 Å². The molecule has 170 valence electrons. The number of rotatable bonds is 6. The van der Waals surface area contributed by atoms with Gasteiger partial charge in [0.1, 0.15) is 17.4 Å². The summed E-state index contributed by atoms with van der Waals surface area (Å²) < 4.78 is 4.81. The van der Waals surface area contributed by atoms with Crippen LogP contribution < -0.4 is 10.9 Å². The molecule has 1 atom stereocenters. The average Bonchev–Trinajstić information content (AvgIpc) is 3.52. The first-order valence-corrected chi connectivity index (χ1v) is 11.1. The van der Waals surface area contributed by atoms with Crippen molar-refractivity contribution in [3.8, 4) is 11.5 Å². The van der Waals surface area contributed by atoms with E-state index in [1.807, 2.05) is 96.7 Å². The summed E-state index contributed by atoms with van der Waals surface area (Å²) in [6.07, 6.45) is 3.73. The van der Waals surface area contributed by atoms with E-state index in [0.29, 0.717) is 22.4 Å². The van der Waals surface area contributed by atoms with Crippen LogP contribution >= 0.6 is 0 Å². The molecule has 0 saturated heterocycles. The van der Waals surface area contributed by atoms with Crippen molar-refractivity contribution in [1.29, 1.82) is 0 Å². The molecule has 0 saturated carbocycles. The van der Waals surface area contributed by atoms with Gasteiger partial charge in [-0.15, -0.1) is 0 Å². The monoisotopic (exact) mass is 452 g/mol. The molecule has 8 nitrogen and oxygen atoms in total. The molecule has 8 heteroatoms. The molecule has 0 bridgehead atoms. The number of aryl methyl sites for hydroxylation is 1. The standard InChI is InChI=1S/C26H24N6O2/c1-18(20-11-5-3-6-12-20)27-22(33)17-31-26(34)23-24(19(2)28-31)29-32(21-13-7-4-8-14-21)25(23)30-15-9-10-16-30/h3-16,18H,17H2,1-2H3,(H,27,33)/t18-/m0/s1. The van der Waals surface area contributed by atoms with E-state index in [1.54, 1.807) is 11.6 Å². The molecule has 1 amide bonds. The van der Waals surface area contributed by atoms with Crippen molar-refractivity contribution >= 4 is 16.8 Å². The quantitative estimate of drug-likeness (QED) is 0.427. The van der Waals surface area contributed by atoms with Crippen molar-refractivity contribution in [1.82, 2.24) is 29.4 Å². The molecule has 3 heterocycles. The Hall–Kier alpha value is -4.46. The second kappa shape index (κ2) is 8.82. The van der Waals surface area contributed by atoms with Crippen LogP contribution in [0.1, 0.15) is 24.2 Å². The van der Waals surface area contributed by atoms with Crippen molar-refractivity contribution in [3.05, 3.63) is 107 Å². The van der Waals surface area contributed by atoms with Gasteiger partial charge >= 0.3 is 0 Å². The molecular weight excluding hydrogens is 428 g/mol. The molecule has 2 aromatic carbocycles. The molecule has 0 fully saturated rings. The van der Waals surface area contributed by atoms with E-state index < -0.39 is 0 Å². The van der Waals surface area contributed by atoms with Crippen LogP contribution in [0.15, 0.2) is 90.0 Å². The number of nitrogens with zero attached hydrogens (tertiary/aromatic N) is 5. The van der Waals surface area contributed by atoms with Gasteiger partial charge in [-0.2, -0.15) is 10.2 Å². The molecule has 0 radical (unpaired) electrons. The van der Waals surface area contributed by atoms with Crippen LogP contribution in [-0.2, 0) is 11.3 Å². The SMILES string of the molecule is Cc1nn(CC(=O)N[C@@H](C)c2ccccc2)c(=O)c2c(-n3cccc3)n(-c3ccccc3)nc12. The van der Waals surface area contributed by atoms with Gasteiger partial charge in [-0.05, 0) is 43.7 Å². The molecule has 3 aromatic heterocycles. The number of aromatic nitrogens is 5. The maximum Gasteiger partial charge on any atom is 0.280 e. The number of carbonyl (C=O) groups is 1. The first kappa shape index (κ1) is 21.4. The molecule has 34 heavy (non-hydrogen) atoms. The predicted molar refractivity (Wildman–Crippen MR) is 130 cm³/mol. The Kier molecular flexibility index (Phi) is 5.55. The van der Waals surface area contributed by atoms with Gasteiger partial charge in [0, 0.05) is 12.4 Å². The Balaban J connectivity index is 1.57. The average molecular weight is 453 g/mol. The third kappa shape index (κ3) is 3.90. The lowest BCUT2D eigenvalue weighted by atomic mass is 10.1. The number of benzene rings is 2. The van der Waals surface area contributed by atoms with E-state index in [1.165, 1.54) is 4.68 Å². The van der Waals surface area contributed by atoms with Crippen LogP contribution in [0.2, 0.25) is 0 Å². The molecule has 0 aliphatic carbocycles. The van der Waals surface area contributed by atoms with Crippen molar-refractivity contribution < 1.29 is 4.79 Å². The minimum absolute atomic E-state index is 0.186. The second-order valence-electron chi connectivity index (χ2n) is 8.13. The lowest BCUT2D eigenvalue weighted by molar-refractivity contribution is -0.122. The normalized spacial score (nSPS) is 12.1. The molecule has 5 rings (SSSR count). The topological polar surface area (TPSA) is 86.7 Å². The summed E-state index contributed by atoms with van der Waals surface area (Å²) in [5, 5.41) is 12.5. The van der Waals surface area contributed by atoms with E-state index in [0.717, 1.165) is 11.3 Å². The summed E-state index contributed by atoms with van der Waals surface area (Å²) in [5.74, 6) is 0.316. The third-order valence-electron chi connectivity index (χ3n) is 5.74. The molecule has 0 unspecified atom stereocenters. The van der Waals surface area contributed by atoms with Crippen LogP contribution in [0, 0.1) is 6.92 Å². The highest BCUT2D eigenvalue weighted by molar-refractivity contribution is 5.88. The first-order valence-electron chi connectivity index (χ1n) is 11.1. The first-order chi connectivity index (χ1) is 16.5.